The SMILES string of the molecule is CCCCCCCCCCCCCCCCCCCCCCCCCCCCCCCC(=O)OCC(COC(=O)CCCCCCCC)OC(=O)CCCCCCCCCCCCCCCCCCC. The van der Waals surface area contributed by atoms with Gasteiger partial charge in [-0.1, -0.05) is 335 Å². The molecular weight excluding hydrogens is 865 g/mol. The summed E-state index contributed by atoms with van der Waals surface area (Å²) >= 11 is 0. The smallest absolute Gasteiger partial charge is 0.306 e. The van der Waals surface area contributed by atoms with Gasteiger partial charge in [-0.2, -0.15) is 0 Å². The maximum Gasteiger partial charge on any atom is 0.306 e. The highest BCUT2D eigenvalue weighted by Crippen LogP contribution is 2.19. The summed E-state index contributed by atoms with van der Waals surface area (Å²) in [5.74, 6) is -0.843. The van der Waals surface area contributed by atoms with E-state index in [2.05, 4.69) is 20.8 Å². The first-order valence-corrected chi connectivity index (χ1v) is 32.0. The van der Waals surface area contributed by atoms with Gasteiger partial charge in [0, 0.05) is 19.3 Å². The Morgan fingerprint density at radius 2 is 0.386 bits per heavy atom. The van der Waals surface area contributed by atoms with E-state index in [4.69, 9.17) is 14.2 Å². The molecule has 0 rings (SSSR count). The molecule has 0 aliphatic heterocycles. The summed E-state index contributed by atoms with van der Waals surface area (Å²) in [7, 11) is 0. The Kier molecular flexibility index (Phi) is 58.6. The zero-order valence-corrected chi connectivity index (χ0v) is 47.8. The van der Waals surface area contributed by atoms with Crippen molar-refractivity contribution < 1.29 is 28.6 Å². The van der Waals surface area contributed by atoms with E-state index in [0.29, 0.717) is 19.3 Å². The van der Waals surface area contributed by atoms with E-state index in [1.165, 1.54) is 276 Å². The van der Waals surface area contributed by atoms with Crippen molar-refractivity contribution in [1.29, 1.82) is 0 Å². The highest BCUT2D eigenvalue weighted by atomic mass is 16.6. The lowest BCUT2D eigenvalue weighted by atomic mass is 10.0. The monoisotopic (exact) mass is 989 g/mol. The third-order valence-corrected chi connectivity index (χ3v) is 14.9. The minimum absolute atomic E-state index is 0.0620. The van der Waals surface area contributed by atoms with Crippen LogP contribution in [-0.2, 0) is 28.6 Å². The Morgan fingerprint density at radius 3 is 0.571 bits per heavy atom. The topological polar surface area (TPSA) is 78.9 Å². The van der Waals surface area contributed by atoms with Crippen molar-refractivity contribution >= 4 is 17.9 Å². The Morgan fingerprint density at radius 1 is 0.229 bits per heavy atom. The van der Waals surface area contributed by atoms with Crippen molar-refractivity contribution in [2.45, 2.75) is 380 Å². The normalized spacial score (nSPS) is 11.9. The molecule has 1 atom stereocenters. The zero-order chi connectivity index (χ0) is 50.7. The van der Waals surface area contributed by atoms with Crippen molar-refractivity contribution in [3.05, 3.63) is 0 Å². The molecule has 0 aliphatic carbocycles. The molecule has 0 saturated carbocycles. The average Bonchev–Trinajstić information content (AvgIpc) is 3.36. The van der Waals surface area contributed by atoms with Crippen LogP contribution in [0, 0.1) is 0 Å². The number of ether oxygens (including phenoxy) is 3. The van der Waals surface area contributed by atoms with Crippen LogP contribution in [0.25, 0.3) is 0 Å². The van der Waals surface area contributed by atoms with Crippen LogP contribution in [0.5, 0.6) is 0 Å². The lowest BCUT2D eigenvalue weighted by Gasteiger charge is -2.18. The fourth-order valence-electron chi connectivity index (χ4n) is 10.0. The van der Waals surface area contributed by atoms with E-state index in [9.17, 15) is 14.4 Å². The number of hydrogen-bond acceptors (Lipinski definition) is 6. The molecule has 0 bridgehead atoms. The van der Waals surface area contributed by atoms with E-state index >= 15 is 0 Å². The third kappa shape index (κ3) is 57.3. The molecule has 0 saturated heterocycles. The molecule has 0 aromatic carbocycles. The number of carbonyl (C=O) groups excluding carboxylic acids is 3. The molecule has 0 aromatic rings. The fourth-order valence-corrected chi connectivity index (χ4v) is 10.0. The first kappa shape index (κ1) is 68.4. The molecule has 0 aliphatic rings. The van der Waals surface area contributed by atoms with Gasteiger partial charge < -0.3 is 14.2 Å². The van der Waals surface area contributed by atoms with E-state index in [1.54, 1.807) is 0 Å². The highest BCUT2D eigenvalue weighted by molar-refractivity contribution is 5.71. The summed E-state index contributed by atoms with van der Waals surface area (Å²) in [6.45, 7) is 6.66. The number of carbonyl (C=O) groups is 3. The first-order valence-electron chi connectivity index (χ1n) is 32.0. The highest BCUT2D eigenvalue weighted by Gasteiger charge is 2.19. The van der Waals surface area contributed by atoms with Crippen LogP contribution >= 0.6 is 0 Å². The van der Waals surface area contributed by atoms with Crippen molar-refractivity contribution in [2.24, 2.45) is 0 Å². The van der Waals surface area contributed by atoms with Crippen LogP contribution in [0.4, 0.5) is 0 Å². The van der Waals surface area contributed by atoms with Crippen LogP contribution < -0.4 is 0 Å². The second-order valence-corrected chi connectivity index (χ2v) is 22.1. The second-order valence-electron chi connectivity index (χ2n) is 22.1. The summed E-state index contributed by atoms with van der Waals surface area (Å²) in [4.78, 5) is 37.9. The first-order chi connectivity index (χ1) is 34.5. The number of unbranched alkanes of at least 4 members (excludes halogenated alkanes) is 49. The van der Waals surface area contributed by atoms with Gasteiger partial charge in [-0.3, -0.25) is 14.4 Å². The Bertz CT molecular complexity index is 1040. The summed E-state index contributed by atoms with van der Waals surface area (Å²) < 4.78 is 16.8. The van der Waals surface area contributed by atoms with Gasteiger partial charge in [0.25, 0.3) is 0 Å². The number of hydrogen-bond donors (Lipinski definition) is 0. The molecule has 0 heterocycles. The van der Waals surface area contributed by atoms with E-state index in [-0.39, 0.29) is 31.1 Å². The van der Waals surface area contributed by atoms with Crippen molar-refractivity contribution in [1.82, 2.24) is 0 Å². The molecule has 1 unspecified atom stereocenters. The fraction of sp³-hybridized carbons (Fsp3) is 0.953. The van der Waals surface area contributed by atoms with E-state index < -0.39 is 6.10 Å². The Hall–Kier alpha value is -1.59. The van der Waals surface area contributed by atoms with Crippen LogP contribution in [-0.4, -0.2) is 37.2 Å². The van der Waals surface area contributed by atoms with E-state index in [1.807, 2.05) is 0 Å². The zero-order valence-electron chi connectivity index (χ0n) is 47.8. The Labute approximate surface area is 438 Å². The maximum absolute atomic E-state index is 12.8. The summed E-state index contributed by atoms with van der Waals surface area (Å²) in [5, 5.41) is 0. The number of rotatable bonds is 60. The third-order valence-electron chi connectivity index (χ3n) is 14.9. The number of esters is 3. The van der Waals surface area contributed by atoms with Gasteiger partial charge in [0.05, 0.1) is 0 Å². The quantitative estimate of drug-likeness (QED) is 0.0343. The molecule has 6 nitrogen and oxygen atoms in total. The van der Waals surface area contributed by atoms with Gasteiger partial charge in [0.2, 0.25) is 0 Å². The molecule has 0 aromatic heterocycles. The lowest BCUT2D eigenvalue weighted by molar-refractivity contribution is -0.167. The summed E-state index contributed by atoms with van der Waals surface area (Å²) in [6, 6.07) is 0. The molecule has 0 radical (unpaired) electrons. The average molecular weight is 990 g/mol. The second kappa shape index (κ2) is 60.0. The van der Waals surface area contributed by atoms with Crippen LogP contribution in [0.1, 0.15) is 374 Å². The lowest BCUT2D eigenvalue weighted by Crippen LogP contribution is -2.30. The Balaban J connectivity index is 3.94. The molecule has 0 amide bonds. The molecule has 0 N–H and O–H groups in total. The molecule has 6 heteroatoms. The van der Waals surface area contributed by atoms with Gasteiger partial charge in [-0.05, 0) is 19.3 Å². The summed E-state index contributed by atoms with van der Waals surface area (Å²) in [5.41, 5.74) is 0. The predicted octanol–water partition coefficient (Wildman–Crippen LogP) is 21.5. The minimum atomic E-state index is -0.760. The van der Waals surface area contributed by atoms with Gasteiger partial charge in [-0.25, -0.2) is 0 Å². The molecule has 0 spiro atoms. The summed E-state index contributed by atoms with van der Waals surface area (Å²) in [6.07, 6.45) is 68.8. The van der Waals surface area contributed by atoms with Crippen LogP contribution in [0.2, 0.25) is 0 Å². The van der Waals surface area contributed by atoms with Gasteiger partial charge in [0.1, 0.15) is 13.2 Å². The van der Waals surface area contributed by atoms with Crippen molar-refractivity contribution in [2.75, 3.05) is 13.2 Å². The van der Waals surface area contributed by atoms with Crippen molar-refractivity contribution in [3.8, 4) is 0 Å². The maximum atomic E-state index is 12.8. The molecule has 416 valence electrons. The minimum Gasteiger partial charge on any atom is -0.462 e. The predicted molar refractivity (Wildman–Crippen MR) is 303 cm³/mol. The molecule has 0 fully saturated rings. The van der Waals surface area contributed by atoms with Gasteiger partial charge in [-0.15, -0.1) is 0 Å². The molecular formula is C64H124O6. The molecule has 70 heavy (non-hydrogen) atoms. The standard InChI is InChI=1S/C64H124O6/c1-4-7-10-13-16-18-20-22-24-26-27-28-29-30-31-32-33-34-35-36-37-39-40-42-44-46-48-51-54-57-63(66)69-60-61(59-68-62(65)56-53-50-15-12-9-6-3)70-64(67)58-55-52-49-47-45-43-41-38-25-23-21-19-17-14-11-8-5-2/h61H,4-60H2,1-3H3. The largest absolute Gasteiger partial charge is 0.462 e. The van der Waals surface area contributed by atoms with Gasteiger partial charge >= 0.3 is 17.9 Å². The van der Waals surface area contributed by atoms with Crippen molar-refractivity contribution in [3.63, 3.8) is 0 Å². The van der Waals surface area contributed by atoms with Gasteiger partial charge in [0.15, 0.2) is 6.10 Å². The van der Waals surface area contributed by atoms with Crippen LogP contribution in [0.3, 0.4) is 0 Å². The van der Waals surface area contributed by atoms with E-state index in [0.717, 1.165) is 57.8 Å². The van der Waals surface area contributed by atoms with Crippen LogP contribution in [0.15, 0.2) is 0 Å².